The first-order valence-electron chi connectivity index (χ1n) is 4.92. The Morgan fingerprint density at radius 3 is 2.71 bits per heavy atom. The SMILES string of the molecule is CCC(C(N)=O)N1CCCC1C(N)=S. The van der Waals surface area contributed by atoms with Crippen LogP contribution in [0.3, 0.4) is 0 Å². The van der Waals surface area contributed by atoms with Gasteiger partial charge in [-0.3, -0.25) is 9.69 Å². The van der Waals surface area contributed by atoms with Crippen molar-refractivity contribution >= 4 is 23.1 Å². The number of rotatable bonds is 4. The summed E-state index contributed by atoms with van der Waals surface area (Å²) in [6, 6.07) is -0.161. The molecule has 4 N–H and O–H groups in total. The van der Waals surface area contributed by atoms with Crippen LogP contribution >= 0.6 is 12.2 Å². The predicted octanol–water partition coefficient (Wildman–Crippen LogP) is 0.000800. The summed E-state index contributed by atoms with van der Waals surface area (Å²) in [5.74, 6) is -0.282. The van der Waals surface area contributed by atoms with Crippen molar-refractivity contribution in [3.63, 3.8) is 0 Å². The van der Waals surface area contributed by atoms with Crippen molar-refractivity contribution in [3.05, 3.63) is 0 Å². The lowest BCUT2D eigenvalue weighted by atomic mass is 10.1. The molecule has 0 saturated carbocycles. The van der Waals surface area contributed by atoms with Crippen molar-refractivity contribution in [3.8, 4) is 0 Å². The molecule has 80 valence electrons. The van der Waals surface area contributed by atoms with Gasteiger partial charge in [0, 0.05) is 0 Å². The van der Waals surface area contributed by atoms with Gasteiger partial charge in [-0.05, 0) is 25.8 Å². The molecule has 1 rings (SSSR count). The van der Waals surface area contributed by atoms with Gasteiger partial charge in [0.15, 0.2) is 0 Å². The van der Waals surface area contributed by atoms with E-state index in [1.807, 2.05) is 11.8 Å². The Morgan fingerprint density at radius 2 is 2.29 bits per heavy atom. The monoisotopic (exact) mass is 215 g/mol. The average molecular weight is 215 g/mol. The van der Waals surface area contributed by atoms with E-state index in [-0.39, 0.29) is 18.0 Å². The molecule has 0 aromatic rings. The molecule has 1 saturated heterocycles. The molecule has 14 heavy (non-hydrogen) atoms. The van der Waals surface area contributed by atoms with Crippen molar-refractivity contribution in [1.82, 2.24) is 4.90 Å². The van der Waals surface area contributed by atoms with Crippen LogP contribution in [0.4, 0.5) is 0 Å². The molecular weight excluding hydrogens is 198 g/mol. The van der Waals surface area contributed by atoms with Gasteiger partial charge in [0.05, 0.1) is 17.1 Å². The van der Waals surface area contributed by atoms with Crippen LogP contribution in [0.2, 0.25) is 0 Å². The Balaban J connectivity index is 2.74. The second-order valence-electron chi connectivity index (χ2n) is 3.62. The zero-order valence-corrected chi connectivity index (χ0v) is 9.22. The number of hydrogen-bond acceptors (Lipinski definition) is 3. The third-order valence-electron chi connectivity index (χ3n) is 2.74. The third kappa shape index (κ3) is 2.22. The number of likely N-dealkylation sites (tertiary alicyclic amines) is 1. The van der Waals surface area contributed by atoms with Crippen molar-refractivity contribution in [2.45, 2.75) is 38.3 Å². The van der Waals surface area contributed by atoms with Gasteiger partial charge < -0.3 is 11.5 Å². The Morgan fingerprint density at radius 1 is 1.64 bits per heavy atom. The summed E-state index contributed by atoms with van der Waals surface area (Å²) in [4.78, 5) is 13.7. The van der Waals surface area contributed by atoms with E-state index in [0.29, 0.717) is 11.4 Å². The summed E-state index contributed by atoms with van der Waals surface area (Å²) < 4.78 is 0. The zero-order chi connectivity index (χ0) is 10.7. The number of hydrogen-bond donors (Lipinski definition) is 2. The van der Waals surface area contributed by atoms with E-state index >= 15 is 0 Å². The third-order valence-corrected chi connectivity index (χ3v) is 3.01. The van der Waals surface area contributed by atoms with Crippen LogP contribution in [0.25, 0.3) is 0 Å². The van der Waals surface area contributed by atoms with Crippen LogP contribution in [0, 0.1) is 0 Å². The molecule has 0 bridgehead atoms. The van der Waals surface area contributed by atoms with Crippen molar-refractivity contribution in [2.24, 2.45) is 11.5 Å². The molecule has 0 spiro atoms. The fourth-order valence-corrected chi connectivity index (χ4v) is 2.32. The molecule has 2 atom stereocenters. The number of carbonyl (C=O) groups excluding carboxylic acids is 1. The minimum atomic E-state index is -0.282. The van der Waals surface area contributed by atoms with E-state index in [9.17, 15) is 4.79 Å². The molecule has 1 heterocycles. The van der Waals surface area contributed by atoms with E-state index in [2.05, 4.69) is 0 Å². The van der Waals surface area contributed by atoms with Gasteiger partial charge >= 0.3 is 0 Å². The molecule has 1 fully saturated rings. The molecular formula is C9H17N3OS. The molecule has 0 aromatic heterocycles. The van der Waals surface area contributed by atoms with Crippen LogP contribution in [0.1, 0.15) is 26.2 Å². The molecule has 0 aromatic carbocycles. The lowest BCUT2D eigenvalue weighted by Crippen LogP contribution is -2.50. The fraction of sp³-hybridized carbons (Fsp3) is 0.778. The van der Waals surface area contributed by atoms with Crippen molar-refractivity contribution in [1.29, 1.82) is 0 Å². The quantitative estimate of drug-likeness (QED) is 0.648. The lowest BCUT2D eigenvalue weighted by Gasteiger charge is -2.29. The summed E-state index contributed by atoms with van der Waals surface area (Å²) in [5.41, 5.74) is 10.9. The van der Waals surface area contributed by atoms with E-state index in [0.717, 1.165) is 19.4 Å². The van der Waals surface area contributed by atoms with Crippen LogP contribution in [-0.2, 0) is 4.79 Å². The highest BCUT2D eigenvalue weighted by molar-refractivity contribution is 7.80. The van der Waals surface area contributed by atoms with Gasteiger partial charge in [0.1, 0.15) is 0 Å². The molecule has 0 aliphatic carbocycles. The topological polar surface area (TPSA) is 72.4 Å². The molecule has 1 aliphatic heterocycles. The lowest BCUT2D eigenvalue weighted by molar-refractivity contribution is -0.123. The van der Waals surface area contributed by atoms with E-state index in [1.165, 1.54) is 0 Å². The van der Waals surface area contributed by atoms with E-state index in [1.54, 1.807) is 0 Å². The number of carbonyl (C=O) groups is 1. The maximum Gasteiger partial charge on any atom is 0.234 e. The molecule has 4 nitrogen and oxygen atoms in total. The largest absolute Gasteiger partial charge is 0.392 e. The average Bonchev–Trinajstić information content (AvgIpc) is 2.53. The van der Waals surface area contributed by atoms with Crippen LogP contribution < -0.4 is 11.5 Å². The minimum absolute atomic E-state index is 0.0578. The van der Waals surface area contributed by atoms with Crippen molar-refractivity contribution in [2.75, 3.05) is 6.54 Å². The Kier molecular flexibility index (Phi) is 3.83. The zero-order valence-electron chi connectivity index (χ0n) is 8.40. The minimum Gasteiger partial charge on any atom is -0.392 e. The fourth-order valence-electron chi connectivity index (χ4n) is 2.07. The molecule has 2 unspecified atom stereocenters. The second kappa shape index (κ2) is 4.70. The Labute approximate surface area is 89.6 Å². The maximum atomic E-state index is 11.2. The van der Waals surface area contributed by atoms with Gasteiger partial charge in [0.25, 0.3) is 0 Å². The first-order chi connectivity index (χ1) is 6.57. The van der Waals surface area contributed by atoms with Crippen molar-refractivity contribution < 1.29 is 4.79 Å². The van der Waals surface area contributed by atoms with E-state index in [4.69, 9.17) is 23.7 Å². The summed E-state index contributed by atoms with van der Waals surface area (Å²) in [6.45, 7) is 2.81. The van der Waals surface area contributed by atoms with Gasteiger partial charge in [0.2, 0.25) is 5.91 Å². The first-order valence-corrected chi connectivity index (χ1v) is 5.33. The van der Waals surface area contributed by atoms with Gasteiger partial charge in [-0.25, -0.2) is 0 Å². The number of amides is 1. The van der Waals surface area contributed by atoms with Gasteiger partial charge in [-0.1, -0.05) is 19.1 Å². The summed E-state index contributed by atoms with van der Waals surface area (Å²) in [7, 11) is 0. The highest BCUT2D eigenvalue weighted by Crippen LogP contribution is 2.21. The number of nitrogens with two attached hydrogens (primary N) is 2. The van der Waals surface area contributed by atoms with Crippen LogP contribution in [0.15, 0.2) is 0 Å². The summed E-state index contributed by atoms with van der Waals surface area (Å²) >= 11 is 4.97. The smallest absolute Gasteiger partial charge is 0.234 e. The van der Waals surface area contributed by atoms with Gasteiger partial charge in [-0.2, -0.15) is 0 Å². The Bertz CT molecular complexity index is 244. The van der Waals surface area contributed by atoms with Crippen LogP contribution in [-0.4, -0.2) is 34.4 Å². The number of thiocarbonyl (C=S) groups is 1. The van der Waals surface area contributed by atoms with E-state index < -0.39 is 0 Å². The normalized spacial score (nSPS) is 24.8. The highest BCUT2D eigenvalue weighted by Gasteiger charge is 2.33. The second-order valence-corrected chi connectivity index (χ2v) is 4.10. The number of nitrogens with zero attached hydrogens (tertiary/aromatic N) is 1. The maximum absolute atomic E-state index is 11.2. The molecule has 5 heteroatoms. The predicted molar refractivity (Wildman–Crippen MR) is 59.8 cm³/mol. The highest BCUT2D eigenvalue weighted by atomic mass is 32.1. The Hall–Kier alpha value is -0.680. The molecule has 1 aliphatic rings. The van der Waals surface area contributed by atoms with Gasteiger partial charge in [-0.15, -0.1) is 0 Å². The molecule has 0 radical (unpaired) electrons. The molecule has 1 amide bonds. The number of primary amides is 1. The summed E-state index contributed by atoms with van der Waals surface area (Å²) in [5, 5.41) is 0. The standard InChI is InChI=1S/C9H17N3OS/c1-2-6(8(10)13)12-5-3-4-7(12)9(11)14/h6-7H,2-5H2,1H3,(H2,10,13)(H2,11,14). The van der Waals surface area contributed by atoms with Crippen LogP contribution in [0.5, 0.6) is 0 Å². The summed E-state index contributed by atoms with van der Waals surface area (Å²) in [6.07, 6.45) is 2.69. The first kappa shape index (κ1) is 11.4.